The predicted octanol–water partition coefficient (Wildman–Crippen LogP) is 3.69. The van der Waals surface area contributed by atoms with Crippen LogP contribution in [0.1, 0.15) is 33.6 Å². The molecule has 0 spiro atoms. The van der Waals surface area contributed by atoms with E-state index < -0.39 is 0 Å². The van der Waals surface area contributed by atoms with Gasteiger partial charge in [0.1, 0.15) is 5.75 Å². The van der Waals surface area contributed by atoms with Crippen LogP contribution in [0.4, 0.5) is 5.69 Å². The Bertz CT molecular complexity index is 266. The zero-order valence-corrected chi connectivity index (χ0v) is 9.92. The maximum Gasteiger partial charge on any atom is 0.119 e. The molecule has 0 heterocycles. The molecule has 1 rings (SSSR count). The van der Waals surface area contributed by atoms with Crippen molar-refractivity contribution in [3.63, 3.8) is 0 Å². The standard InChI is InChI=1S/C13H21NO/c1-4-5-10-15-13-8-6-12(7-9-13)14-11(2)3/h6-9,11,14H,4-5,10H2,1-3H3. The molecule has 84 valence electrons. The summed E-state index contributed by atoms with van der Waals surface area (Å²) in [5, 5.41) is 3.34. The Kier molecular flexibility index (Phi) is 5.02. The highest BCUT2D eigenvalue weighted by Crippen LogP contribution is 2.16. The summed E-state index contributed by atoms with van der Waals surface area (Å²) in [4.78, 5) is 0. The van der Waals surface area contributed by atoms with Crippen LogP contribution in [0.2, 0.25) is 0 Å². The molecule has 2 heteroatoms. The van der Waals surface area contributed by atoms with Crippen LogP contribution in [-0.4, -0.2) is 12.6 Å². The van der Waals surface area contributed by atoms with E-state index in [9.17, 15) is 0 Å². The Morgan fingerprint density at radius 3 is 2.40 bits per heavy atom. The van der Waals surface area contributed by atoms with Crippen LogP contribution < -0.4 is 10.1 Å². The molecule has 0 aliphatic carbocycles. The molecule has 0 saturated carbocycles. The molecule has 15 heavy (non-hydrogen) atoms. The van der Waals surface area contributed by atoms with Crippen LogP contribution in [0, 0.1) is 0 Å². The lowest BCUT2D eigenvalue weighted by Gasteiger charge is -2.10. The van der Waals surface area contributed by atoms with Crippen molar-refractivity contribution in [2.45, 2.75) is 39.7 Å². The van der Waals surface area contributed by atoms with Crippen molar-refractivity contribution in [3.8, 4) is 5.75 Å². The maximum absolute atomic E-state index is 5.58. The van der Waals surface area contributed by atoms with Crippen LogP contribution in [0.3, 0.4) is 0 Å². The van der Waals surface area contributed by atoms with Gasteiger partial charge in [0.05, 0.1) is 6.61 Å². The van der Waals surface area contributed by atoms with Crippen LogP contribution in [-0.2, 0) is 0 Å². The maximum atomic E-state index is 5.58. The third kappa shape index (κ3) is 4.73. The summed E-state index contributed by atoms with van der Waals surface area (Å²) < 4.78 is 5.58. The van der Waals surface area contributed by atoms with Crippen molar-refractivity contribution in [1.82, 2.24) is 0 Å². The molecule has 0 amide bonds. The SMILES string of the molecule is CCCCOc1ccc(NC(C)C)cc1. The Hall–Kier alpha value is -1.18. The minimum atomic E-state index is 0.469. The first-order valence-corrected chi connectivity index (χ1v) is 5.71. The smallest absolute Gasteiger partial charge is 0.119 e. The van der Waals surface area contributed by atoms with Crippen molar-refractivity contribution in [2.24, 2.45) is 0 Å². The van der Waals surface area contributed by atoms with E-state index in [1.807, 2.05) is 12.1 Å². The van der Waals surface area contributed by atoms with Gasteiger partial charge in [0.15, 0.2) is 0 Å². The number of rotatable bonds is 6. The zero-order chi connectivity index (χ0) is 11.1. The number of hydrogen-bond donors (Lipinski definition) is 1. The number of benzene rings is 1. The van der Waals surface area contributed by atoms with Gasteiger partial charge in [0, 0.05) is 11.7 Å². The minimum absolute atomic E-state index is 0.469. The average molecular weight is 207 g/mol. The minimum Gasteiger partial charge on any atom is -0.494 e. The topological polar surface area (TPSA) is 21.3 Å². The Morgan fingerprint density at radius 2 is 1.87 bits per heavy atom. The number of anilines is 1. The molecule has 0 aliphatic rings. The van der Waals surface area contributed by atoms with Crippen molar-refractivity contribution in [1.29, 1.82) is 0 Å². The first-order valence-electron chi connectivity index (χ1n) is 5.71. The van der Waals surface area contributed by atoms with Gasteiger partial charge in [-0.15, -0.1) is 0 Å². The van der Waals surface area contributed by atoms with Gasteiger partial charge in [-0.05, 0) is 44.5 Å². The number of unbranched alkanes of at least 4 members (excludes halogenated alkanes) is 1. The second-order valence-electron chi connectivity index (χ2n) is 4.03. The van der Waals surface area contributed by atoms with Crippen LogP contribution in [0.25, 0.3) is 0 Å². The lowest BCUT2D eigenvalue weighted by atomic mass is 10.2. The van der Waals surface area contributed by atoms with E-state index in [0.717, 1.165) is 24.5 Å². The Morgan fingerprint density at radius 1 is 1.20 bits per heavy atom. The molecule has 0 saturated heterocycles. The monoisotopic (exact) mass is 207 g/mol. The second-order valence-corrected chi connectivity index (χ2v) is 4.03. The molecule has 1 aromatic carbocycles. The number of hydrogen-bond acceptors (Lipinski definition) is 2. The van der Waals surface area contributed by atoms with E-state index in [1.54, 1.807) is 0 Å². The second kappa shape index (κ2) is 6.33. The van der Waals surface area contributed by atoms with Crippen LogP contribution >= 0.6 is 0 Å². The molecular formula is C13H21NO. The van der Waals surface area contributed by atoms with Crippen molar-refractivity contribution in [2.75, 3.05) is 11.9 Å². The van der Waals surface area contributed by atoms with Crippen LogP contribution in [0.5, 0.6) is 5.75 Å². The van der Waals surface area contributed by atoms with Crippen molar-refractivity contribution < 1.29 is 4.74 Å². The largest absolute Gasteiger partial charge is 0.494 e. The molecule has 1 N–H and O–H groups in total. The highest BCUT2D eigenvalue weighted by atomic mass is 16.5. The summed E-state index contributed by atoms with van der Waals surface area (Å²) in [6.07, 6.45) is 2.29. The number of nitrogens with one attached hydrogen (secondary N) is 1. The van der Waals surface area contributed by atoms with Gasteiger partial charge in [-0.1, -0.05) is 13.3 Å². The molecule has 1 aromatic rings. The Labute approximate surface area is 92.6 Å². The van der Waals surface area contributed by atoms with E-state index in [0.29, 0.717) is 6.04 Å². The zero-order valence-electron chi connectivity index (χ0n) is 9.92. The van der Waals surface area contributed by atoms with Gasteiger partial charge in [-0.25, -0.2) is 0 Å². The van der Waals surface area contributed by atoms with Crippen LogP contribution in [0.15, 0.2) is 24.3 Å². The molecule has 0 unspecified atom stereocenters. The first kappa shape index (κ1) is 11.9. The average Bonchev–Trinajstić information content (AvgIpc) is 2.20. The van der Waals surface area contributed by atoms with E-state index in [4.69, 9.17) is 4.74 Å². The summed E-state index contributed by atoms with van der Waals surface area (Å²) >= 11 is 0. The summed E-state index contributed by atoms with van der Waals surface area (Å²) in [5.74, 6) is 0.956. The van der Waals surface area contributed by atoms with E-state index in [1.165, 1.54) is 6.42 Å². The fourth-order valence-electron chi connectivity index (χ4n) is 1.32. The van der Waals surface area contributed by atoms with E-state index in [-0.39, 0.29) is 0 Å². The molecule has 0 radical (unpaired) electrons. The Balaban J connectivity index is 2.42. The molecule has 0 aliphatic heterocycles. The van der Waals surface area contributed by atoms with E-state index >= 15 is 0 Å². The van der Waals surface area contributed by atoms with E-state index in [2.05, 4.69) is 38.2 Å². The van der Waals surface area contributed by atoms with Gasteiger partial charge >= 0.3 is 0 Å². The molecule has 0 atom stereocenters. The van der Waals surface area contributed by atoms with Gasteiger partial charge in [0.2, 0.25) is 0 Å². The summed E-state index contributed by atoms with van der Waals surface area (Å²) in [6, 6.07) is 8.61. The van der Waals surface area contributed by atoms with Gasteiger partial charge in [0.25, 0.3) is 0 Å². The fourth-order valence-corrected chi connectivity index (χ4v) is 1.32. The third-order valence-corrected chi connectivity index (χ3v) is 2.08. The molecule has 0 bridgehead atoms. The van der Waals surface area contributed by atoms with Gasteiger partial charge in [-0.3, -0.25) is 0 Å². The predicted molar refractivity (Wildman–Crippen MR) is 65.6 cm³/mol. The molecule has 0 aromatic heterocycles. The lowest BCUT2D eigenvalue weighted by molar-refractivity contribution is 0.309. The molecule has 2 nitrogen and oxygen atoms in total. The summed E-state index contributed by atoms with van der Waals surface area (Å²) in [7, 11) is 0. The van der Waals surface area contributed by atoms with Gasteiger partial charge in [-0.2, -0.15) is 0 Å². The third-order valence-electron chi connectivity index (χ3n) is 2.08. The summed E-state index contributed by atoms with van der Waals surface area (Å²) in [5.41, 5.74) is 1.15. The molecule has 0 fully saturated rings. The molecular weight excluding hydrogens is 186 g/mol. The fraction of sp³-hybridized carbons (Fsp3) is 0.538. The highest BCUT2D eigenvalue weighted by Gasteiger charge is 1.96. The number of ether oxygens (including phenoxy) is 1. The normalized spacial score (nSPS) is 10.4. The first-order chi connectivity index (χ1) is 7.22. The van der Waals surface area contributed by atoms with Crippen molar-refractivity contribution in [3.05, 3.63) is 24.3 Å². The van der Waals surface area contributed by atoms with Gasteiger partial charge < -0.3 is 10.1 Å². The van der Waals surface area contributed by atoms with Crippen molar-refractivity contribution >= 4 is 5.69 Å². The summed E-state index contributed by atoms with van der Waals surface area (Å²) in [6.45, 7) is 7.24. The quantitative estimate of drug-likeness (QED) is 0.718. The lowest BCUT2D eigenvalue weighted by Crippen LogP contribution is -2.09. The highest BCUT2D eigenvalue weighted by molar-refractivity contribution is 5.46.